The number of para-hydroxylation sites is 1. The minimum Gasteiger partial charge on any atom is -0.457 e. The van der Waals surface area contributed by atoms with E-state index in [1.807, 2.05) is 68.7 Å². The molecule has 3 aromatic carbocycles. The van der Waals surface area contributed by atoms with Crippen molar-refractivity contribution in [3.63, 3.8) is 0 Å². The highest BCUT2D eigenvalue weighted by molar-refractivity contribution is 7.22. The van der Waals surface area contributed by atoms with E-state index in [4.69, 9.17) is 19.2 Å². The van der Waals surface area contributed by atoms with Gasteiger partial charge in [-0.25, -0.2) is 4.98 Å². The third-order valence-corrected chi connectivity index (χ3v) is 6.46. The van der Waals surface area contributed by atoms with Crippen molar-refractivity contribution in [1.29, 1.82) is 0 Å². The predicted octanol–water partition coefficient (Wildman–Crippen LogP) is 5.42. The second-order valence-electron chi connectivity index (χ2n) is 8.22. The van der Waals surface area contributed by atoms with Crippen LogP contribution in [0.25, 0.3) is 10.2 Å². The first-order chi connectivity index (χ1) is 16.6. The van der Waals surface area contributed by atoms with Gasteiger partial charge >= 0.3 is 0 Å². The topological polar surface area (TPSA) is 64.1 Å². The van der Waals surface area contributed by atoms with Crippen LogP contribution in [-0.2, 0) is 0 Å². The summed E-state index contributed by atoms with van der Waals surface area (Å²) < 4.78 is 17.8. The number of amides is 1. The number of benzene rings is 3. The largest absolute Gasteiger partial charge is 0.457 e. The lowest BCUT2D eigenvalue weighted by Crippen LogP contribution is -2.33. The Morgan fingerprint density at radius 2 is 1.68 bits per heavy atom. The first-order valence-electron chi connectivity index (χ1n) is 11.1. The second-order valence-corrected chi connectivity index (χ2v) is 9.23. The molecule has 0 fully saturated rings. The van der Waals surface area contributed by atoms with Gasteiger partial charge in [0.1, 0.15) is 11.5 Å². The molecule has 1 aliphatic heterocycles. The summed E-state index contributed by atoms with van der Waals surface area (Å²) in [6, 6.07) is 20.6. The molecule has 0 aliphatic carbocycles. The van der Waals surface area contributed by atoms with Crippen molar-refractivity contribution < 1.29 is 19.0 Å². The molecule has 4 aromatic rings. The van der Waals surface area contributed by atoms with Crippen LogP contribution in [0.5, 0.6) is 23.0 Å². The van der Waals surface area contributed by atoms with Crippen molar-refractivity contribution in [2.24, 2.45) is 0 Å². The van der Waals surface area contributed by atoms with Crippen LogP contribution in [0.15, 0.2) is 66.7 Å². The minimum absolute atomic E-state index is 0.0934. The van der Waals surface area contributed by atoms with Gasteiger partial charge in [0.15, 0.2) is 16.6 Å². The maximum absolute atomic E-state index is 13.6. The smallest absolute Gasteiger partial charge is 0.260 e. The molecule has 0 spiro atoms. The number of nitrogens with zero attached hydrogens (tertiary/aromatic N) is 3. The maximum Gasteiger partial charge on any atom is 0.260 e. The highest BCUT2D eigenvalue weighted by Gasteiger charge is 2.23. The third-order valence-electron chi connectivity index (χ3n) is 5.41. The lowest BCUT2D eigenvalue weighted by Gasteiger charge is -2.21. The molecular weight excluding hydrogens is 450 g/mol. The molecule has 1 amide bonds. The summed E-state index contributed by atoms with van der Waals surface area (Å²) in [6.45, 7) is 1.65. The monoisotopic (exact) mass is 475 g/mol. The van der Waals surface area contributed by atoms with E-state index < -0.39 is 0 Å². The van der Waals surface area contributed by atoms with E-state index in [9.17, 15) is 4.79 Å². The van der Waals surface area contributed by atoms with Gasteiger partial charge in [0.2, 0.25) is 6.79 Å². The van der Waals surface area contributed by atoms with Crippen molar-refractivity contribution >= 4 is 32.6 Å². The number of carbonyl (C=O) groups excluding carboxylic acids is 1. The number of hydrogen-bond acceptors (Lipinski definition) is 7. The van der Waals surface area contributed by atoms with Crippen LogP contribution in [0.2, 0.25) is 0 Å². The highest BCUT2D eigenvalue weighted by atomic mass is 32.1. The molecule has 1 aliphatic rings. The van der Waals surface area contributed by atoms with E-state index in [-0.39, 0.29) is 12.7 Å². The zero-order valence-corrected chi connectivity index (χ0v) is 19.9. The molecular formula is C26H25N3O4S. The molecule has 0 saturated carbocycles. The molecule has 0 unspecified atom stereocenters. The Hall–Kier alpha value is -3.62. The Bertz CT molecular complexity index is 1250. The number of rotatable bonds is 8. The van der Waals surface area contributed by atoms with Crippen molar-refractivity contribution in [1.82, 2.24) is 9.88 Å². The van der Waals surface area contributed by atoms with Crippen molar-refractivity contribution in [3.8, 4) is 23.0 Å². The molecule has 8 heteroatoms. The number of aromatic nitrogens is 1. The van der Waals surface area contributed by atoms with Gasteiger partial charge < -0.3 is 19.1 Å². The predicted molar refractivity (Wildman–Crippen MR) is 134 cm³/mol. The van der Waals surface area contributed by atoms with Gasteiger partial charge in [-0.2, -0.15) is 0 Å². The van der Waals surface area contributed by atoms with Crippen molar-refractivity contribution in [2.75, 3.05) is 38.9 Å². The highest BCUT2D eigenvalue weighted by Crippen LogP contribution is 2.40. The van der Waals surface area contributed by atoms with E-state index in [0.29, 0.717) is 34.5 Å². The first-order valence-corrected chi connectivity index (χ1v) is 11.9. The van der Waals surface area contributed by atoms with Gasteiger partial charge in [-0.05, 0) is 63.5 Å². The number of ether oxygens (including phenoxy) is 3. The van der Waals surface area contributed by atoms with Gasteiger partial charge in [0.25, 0.3) is 5.91 Å². The van der Waals surface area contributed by atoms with E-state index in [0.717, 1.165) is 28.9 Å². The Labute approximate surface area is 202 Å². The molecule has 7 nitrogen and oxygen atoms in total. The molecule has 0 atom stereocenters. The fourth-order valence-corrected chi connectivity index (χ4v) is 4.70. The molecule has 0 N–H and O–H groups in total. The van der Waals surface area contributed by atoms with Crippen LogP contribution in [0.4, 0.5) is 5.13 Å². The average molecular weight is 476 g/mol. The Morgan fingerprint density at radius 3 is 2.41 bits per heavy atom. The zero-order chi connectivity index (χ0) is 23.5. The van der Waals surface area contributed by atoms with Crippen molar-refractivity contribution in [3.05, 3.63) is 72.3 Å². The lowest BCUT2D eigenvalue weighted by atomic mass is 10.2. The Kier molecular flexibility index (Phi) is 6.33. The first kappa shape index (κ1) is 22.2. The van der Waals surface area contributed by atoms with Crippen LogP contribution in [0.1, 0.15) is 16.8 Å². The van der Waals surface area contributed by atoms with E-state index in [1.54, 1.807) is 17.0 Å². The van der Waals surface area contributed by atoms with Crippen LogP contribution < -0.4 is 19.1 Å². The van der Waals surface area contributed by atoms with E-state index >= 15 is 0 Å². The number of thiazole rings is 1. The summed E-state index contributed by atoms with van der Waals surface area (Å²) >= 11 is 1.48. The van der Waals surface area contributed by atoms with Gasteiger partial charge in [0.05, 0.1) is 10.2 Å². The molecule has 1 aromatic heterocycles. The Balaban J connectivity index is 1.40. The molecule has 0 radical (unpaired) electrons. The summed E-state index contributed by atoms with van der Waals surface area (Å²) in [5.74, 6) is 2.73. The average Bonchev–Trinajstić information content (AvgIpc) is 3.46. The van der Waals surface area contributed by atoms with Crippen LogP contribution >= 0.6 is 11.3 Å². The summed E-state index contributed by atoms with van der Waals surface area (Å²) in [4.78, 5) is 22.2. The molecule has 34 heavy (non-hydrogen) atoms. The molecule has 0 bridgehead atoms. The maximum atomic E-state index is 13.6. The van der Waals surface area contributed by atoms with Gasteiger partial charge in [0, 0.05) is 24.2 Å². The Morgan fingerprint density at radius 1 is 0.971 bits per heavy atom. The number of hydrogen-bond donors (Lipinski definition) is 0. The second kappa shape index (κ2) is 9.70. The number of carbonyl (C=O) groups is 1. The molecule has 5 rings (SSSR count). The van der Waals surface area contributed by atoms with Crippen LogP contribution in [-0.4, -0.2) is 49.8 Å². The summed E-state index contributed by atoms with van der Waals surface area (Å²) in [5.41, 5.74) is 1.37. The number of fused-ring (bicyclic) bond motifs is 2. The van der Waals surface area contributed by atoms with Gasteiger partial charge in [-0.1, -0.05) is 29.5 Å². The van der Waals surface area contributed by atoms with E-state index in [2.05, 4.69) is 4.90 Å². The SMILES string of the molecule is CN(C)CCCN(C(=O)c1ccc(Oc2ccccc2)cc1)c1nc2cc3c(cc2s1)OCO3. The van der Waals surface area contributed by atoms with Crippen LogP contribution in [0, 0.1) is 0 Å². The summed E-state index contributed by atoms with van der Waals surface area (Å²) in [6.07, 6.45) is 0.826. The summed E-state index contributed by atoms with van der Waals surface area (Å²) in [7, 11) is 4.05. The minimum atomic E-state index is -0.0934. The normalized spacial score (nSPS) is 12.3. The van der Waals surface area contributed by atoms with Gasteiger partial charge in [-0.3, -0.25) is 9.69 Å². The third kappa shape index (κ3) is 4.83. The molecule has 174 valence electrons. The van der Waals surface area contributed by atoms with Gasteiger partial charge in [-0.15, -0.1) is 0 Å². The summed E-state index contributed by atoms with van der Waals surface area (Å²) in [5, 5.41) is 0.659. The quantitative estimate of drug-likeness (QED) is 0.339. The molecule has 2 heterocycles. The molecule has 0 saturated heterocycles. The van der Waals surface area contributed by atoms with Crippen LogP contribution in [0.3, 0.4) is 0 Å². The fourth-order valence-electron chi connectivity index (χ4n) is 3.70. The van der Waals surface area contributed by atoms with E-state index in [1.165, 1.54) is 11.3 Å². The van der Waals surface area contributed by atoms with Crippen molar-refractivity contribution in [2.45, 2.75) is 6.42 Å². The standard InChI is InChI=1S/C26H25N3O4S/c1-28(2)13-6-14-29(26-27-21-15-22-23(32-17-31-22)16-24(21)34-26)25(30)18-9-11-20(12-10-18)33-19-7-4-3-5-8-19/h3-5,7-12,15-16H,6,13-14,17H2,1-2H3. The lowest BCUT2D eigenvalue weighted by molar-refractivity contribution is 0.0986. The number of anilines is 1. The fraction of sp³-hybridized carbons (Fsp3) is 0.231. The zero-order valence-electron chi connectivity index (χ0n) is 19.1.